The molecule has 2 N–H and O–H groups in total. The lowest BCUT2D eigenvalue weighted by Gasteiger charge is -2.17. The van der Waals surface area contributed by atoms with Gasteiger partial charge in [-0.1, -0.05) is 48.0 Å². The van der Waals surface area contributed by atoms with E-state index in [-0.39, 0.29) is 24.1 Å². The molecule has 7 heteroatoms. The van der Waals surface area contributed by atoms with Gasteiger partial charge in [0, 0.05) is 43.2 Å². The third kappa shape index (κ3) is 6.06. The van der Waals surface area contributed by atoms with Crippen LogP contribution in [-0.2, 0) is 20.8 Å². The molecular formula is C22H24ClN3O3. The topological polar surface area (TPSA) is 78.5 Å². The molecule has 0 spiro atoms. The van der Waals surface area contributed by atoms with E-state index >= 15 is 0 Å². The molecule has 0 radical (unpaired) electrons. The molecule has 0 bridgehead atoms. The number of benzene rings is 2. The van der Waals surface area contributed by atoms with Crippen LogP contribution in [0.25, 0.3) is 0 Å². The number of hydrogen-bond acceptors (Lipinski definition) is 3. The van der Waals surface area contributed by atoms with Crippen molar-refractivity contribution in [1.29, 1.82) is 0 Å². The summed E-state index contributed by atoms with van der Waals surface area (Å²) in [5.74, 6) is -0.732. The smallest absolute Gasteiger partial charge is 0.227 e. The Labute approximate surface area is 175 Å². The highest BCUT2D eigenvalue weighted by Gasteiger charge is 2.34. The molecule has 29 heavy (non-hydrogen) atoms. The van der Waals surface area contributed by atoms with Crippen molar-refractivity contribution < 1.29 is 14.4 Å². The molecular weight excluding hydrogens is 390 g/mol. The molecule has 1 heterocycles. The summed E-state index contributed by atoms with van der Waals surface area (Å²) in [6, 6.07) is 16.8. The zero-order chi connectivity index (χ0) is 20.6. The fourth-order valence-corrected chi connectivity index (χ4v) is 3.48. The second-order valence-corrected chi connectivity index (χ2v) is 7.45. The van der Waals surface area contributed by atoms with Gasteiger partial charge in [0.2, 0.25) is 17.7 Å². The van der Waals surface area contributed by atoms with Crippen molar-refractivity contribution in [3.63, 3.8) is 0 Å². The lowest BCUT2D eigenvalue weighted by Crippen LogP contribution is -2.38. The first-order chi connectivity index (χ1) is 14.0. The quantitative estimate of drug-likeness (QED) is 0.653. The van der Waals surface area contributed by atoms with Crippen LogP contribution in [0.5, 0.6) is 0 Å². The van der Waals surface area contributed by atoms with Crippen molar-refractivity contribution in [2.24, 2.45) is 5.92 Å². The SMILES string of the molecule is O=C(CCc1ccccc1)NCCNC(=O)C1CC(=O)N(c2cccc(Cl)c2)C1. The Balaban J connectivity index is 1.36. The van der Waals surface area contributed by atoms with Gasteiger partial charge in [-0.15, -0.1) is 0 Å². The Morgan fingerprint density at radius 3 is 2.55 bits per heavy atom. The summed E-state index contributed by atoms with van der Waals surface area (Å²) in [6.45, 7) is 1.02. The first kappa shape index (κ1) is 20.9. The van der Waals surface area contributed by atoms with Crippen LogP contribution in [0.2, 0.25) is 5.02 Å². The summed E-state index contributed by atoms with van der Waals surface area (Å²) < 4.78 is 0. The zero-order valence-electron chi connectivity index (χ0n) is 16.1. The number of carbonyl (C=O) groups excluding carboxylic acids is 3. The summed E-state index contributed by atoms with van der Waals surface area (Å²) in [5.41, 5.74) is 1.81. The lowest BCUT2D eigenvalue weighted by molar-refractivity contribution is -0.126. The van der Waals surface area contributed by atoms with Crippen molar-refractivity contribution in [3.8, 4) is 0 Å². The number of hydrogen-bond donors (Lipinski definition) is 2. The highest BCUT2D eigenvalue weighted by atomic mass is 35.5. The van der Waals surface area contributed by atoms with Gasteiger partial charge in [0.15, 0.2) is 0 Å². The number of anilines is 1. The molecule has 3 rings (SSSR count). The minimum absolute atomic E-state index is 0.0497. The van der Waals surface area contributed by atoms with Crippen molar-refractivity contribution in [2.75, 3.05) is 24.5 Å². The molecule has 0 aromatic heterocycles. The van der Waals surface area contributed by atoms with Crippen LogP contribution < -0.4 is 15.5 Å². The Bertz CT molecular complexity index is 873. The van der Waals surface area contributed by atoms with Gasteiger partial charge in [0.25, 0.3) is 0 Å². The van der Waals surface area contributed by atoms with Crippen LogP contribution in [-0.4, -0.2) is 37.4 Å². The number of rotatable bonds is 8. The van der Waals surface area contributed by atoms with Gasteiger partial charge < -0.3 is 15.5 Å². The van der Waals surface area contributed by atoms with Crippen LogP contribution in [0, 0.1) is 5.92 Å². The predicted molar refractivity (Wildman–Crippen MR) is 113 cm³/mol. The van der Waals surface area contributed by atoms with E-state index in [0.717, 1.165) is 5.56 Å². The molecule has 2 aromatic carbocycles. The van der Waals surface area contributed by atoms with E-state index in [0.29, 0.717) is 43.2 Å². The lowest BCUT2D eigenvalue weighted by atomic mass is 10.1. The Morgan fingerprint density at radius 2 is 1.79 bits per heavy atom. The standard InChI is InChI=1S/C22H24ClN3O3/c23-18-7-4-8-19(14-18)26-15-17(13-21(26)28)22(29)25-12-11-24-20(27)10-9-16-5-2-1-3-6-16/h1-8,14,17H,9-13,15H2,(H,24,27)(H,25,29). The van der Waals surface area contributed by atoms with Crippen LogP contribution in [0.3, 0.4) is 0 Å². The van der Waals surface area contributed by atoms with E-state index in [1.807, 2.05) is 30.3 Å². The van der Waals surface area contributed by atoms with Gasteiger partial charge in [-0.25, -0.2) is 0 Å². The van der Waals surface area contributed by atoms with E-state index in [9.17, 15) is 14.4 Å². The summed E-state index contributed by atoms with van der Waals surface area (Å²) in [5, 5.41) is 6.15. The van der Waals surface area contributed by atoms with Crippen molar-refractivity contribution in [2.45, 2.75) is 19.3 Å². The molecule has 1 aliphatic rings. The number of amides is 3. The summed E-state index contributed by atoms with van der Waals surface area (Å²) in [4.78, 5) is 38.1. The van der Waals surface area contributed by atoms with Crippen molar-refractivity contribution >= 4 is 35.0 Å². The molecule has 1 saturated heterocycles. The van der Waals surface area contributed by atoms with E-state index in [2.05, 4.69) is 10.6 Å². The van der Waals surface area contributed by atoms with Crippen LogP contribution in [0.15, 0.2) is 54.6 Å². The average molecular weight is 414 g/mol. The summed E-state index contributed by atoms with van der Waals surface area (Å²) >= 11 is 5.99. The molecule has 0 saturated carbocycles. The third-order valence-electron chi connectivity index (χ3n) is 4.85. The number of halogens is 1. The molecule has 1 fully saturated rings. The van der Waals surface area contributed by atoms with E-state index in [1.165, 1.54) is 0 Å². The van der Waals surface area contributed by atoms with Crippen LogP contribution in [0.4, 0.5) is 5.69 Å². The zero-order valence-corrected chi connectivity index (χ0v) is 16.8. The second-order valence-electron chi connectivity index (χ2n) is 7.01. The van der Waals surface area contributed by atoms with Gasteiger partial charge in [-0.3, -0.25) is 14.4 Å². The van der Waals surface area contributed by atoms with Crippen molar-refractivity contribution in [3.05, 3.63) is 65.2 Å². The molecule has 152 valence electrons. The number of nitrogens with zero attached hydrogens (tertiary/aromatic N) is 1. The summed E-state index contributed by atoms with van der Waals surface area (Å²) in [6.07, 6.45) is 1.26. The third-order valence-corrected chi connectivity index (χ3v) is 5.08. The van der Waals surface area contributed by atoms with E-state index in [4.69, 9.17) is 11.6 Å². The number of aryl methyl sites for hydroxylation is 1. The molecule has 1 unspecified atom stereocenters. The van der Waals surface area contributed by atoms with Gasteiger partial charge in [-0.05, 0) is 30.2 Å². The van der Waals surface area contributed by atoms with Gasteiger partial charge in [0.1, 0.15) is 0 Å². The fourth-order valence-electron chi connectivity index (χ4n) is 3.30. The van der Waals surface area contributed by atoms with Gasteiger partial charge in [0.05, 0.1) is 5.92 Å². The monoisotopic (exact) mass is 413 g/mol. The largest absolute Gasteiger partial charge is 0.354 e. The van der Waals surface area contributed by atoms with Gasteiger partial charge >= 0.3 is 0 Å². The van der Waals surface area contributed by atoms with E-state index in [1.54, 1.807) is 29.2 Å². The maximum absolute atomic E-state index is 12.4. The van der Waals surface area contributed by atoms with Crippen LogP contribution >= 0.6 is 11.6 Å². The average Bonchev–Trinajstić information content (AvgIpc) is 3.12. The molecule has 6 nitrogen and oxygen atoms in total. The van der Waals surface area contributed by atoms with Crippen molar-refractivity contribution in [1.82, 2.24) is 10.6 Å². The molecule has 3 amide bonds. The van der Waals surface area contributed by atoms with Crippen LogP contribution in [0.1, 0.15) is 18.4 Å². The van der Waals surface area contributed by atoms with Gasteiger partial charge in [-0.2, -0.15) is 0 Å². The second kappa shape index (κ2) is 10.1. The first-order valence-corrected chi connectivity index (χ1v) is 10.0. The highest BCUT2D eigenvalue weighted by Crippen LogP contribution is 2.27. The number of nitrogens with one attached hydrogen (secondary N) is 2. The molecule has 1 aliphatic heterocycles. The molecule has 2 aromatic rings. The van der Waals surface area contributed by atoms with E-state index < -0.39 is 5.92 Å². The summed E-state index contributed by atoms with van der Waals surface area (Å²) in [7, 11) is 0. The Kier molecular flexibility index (Phi) is 7.25. The molecule has 0 aliphatic carbocycles. The fraction of sp³-hybridized carbons (Fsp3) is 0.318. The highest BCUT2D eigenvalue weighted by molar-refractivity contribution is 6.31. The first-order valence-electron chi connectivity index (χ1n) is 9.67. The normalized spacial score (nSPS) is 16.0. The Morgan fingerprint density at radius 1 is 1.03 bits per heavy atom. The maximum atomic E-state index is 12.4. The predicted octanol–water partition coefficient (Wildman–Crippen LogP) is 2.56. The maximum Gasteiger partial charge on any atom is 0.227 e. The number of carbonyl (C=O) groups is 3. The molecule has 1 atom stereocenters. The minimum Gasteiger partial charge on any atom is -0.354 e. The Hall–Kier alpha value is -2.86. The minimum atomic E-state index is -0.407.